The first-order chi connectivity index (χ1) is 12.5. The number of aromatic nitrogens is 2. The number of rotatable bonds is 3. The van der Waals surface area contributed by atoms with Gasteiger partial charge in [0.1, 0.15) is 23.6 Å². The molecule has 0 spiro atoms. The molecule has 4 rings (SSSR count). The number of benzene rings is 2. The zero-order valence-electron chi connectivity index (χ0n) is 16.2. The zero-order valence-corrected chi connectivity index (χ0v) is 16.2. The first-order valence-electron chi connectivity index (χ1n) is 9.54. The van der Waals surface area contributed by atoms with Crippen LogP contribution in [0.15, 0.2) is 61.4 Å². The van der Waals surface area contributed by atoms with Crippen molar-refractivity contribution in [3.8, 4) is 17.1 Å². The second kappa shape index (κ2) is 5.98. The highest BCUT2D eigenvalue weighted by Crippen LogP contribution is 2.44. The number of para-hydroxylation sites is 1. The van der Waals surface area contributed by atoms with E-state index in [2.05, 4.69) is 98.3 Å². The van der Waals surface area contributed by atoms with Gasteiger partial charge in [-0.25, -0.2) is 4.57 Å². The van der Waals surface area contributed by atoms with Crippen molar-refractivity contribution in [2.45, 2.75) is 46.1 Å². The topological polar surface area (TPSA) is 8.81 Å². The van der Waals surface area contributed by atoms with Gasteiger partial charge < -0.3 is 0 Å². The maximum absolute atomic E-state index is 4.54. The minimum absolute atomic E-state index is 0.0640. The van der Waals surface area contributed by atoms with Gasteiger partial charge in [-0.2, -0.15) is 4.57 Å². The SMILES string of the molecule is C=C1c2ccccc2-c2n(-c3c(C)cccc3C)cc[n+]2C1(CC)CC. The molecule has 0 saturated carbocycles. The molecule has 0 atom stereocenters. The van der Waals surface area contributed by atoms with Crippen LogP contribution >= 0.6 is 0 Å². The van der Waals surface area contributed by atoms with Crippen LogP contribution in [0.3, 0.4) is 0 Å². The Morgan fingerprint density at radius 2 is 1.54 bits per heavy atom. The highest BCUT2D eigenvalue weighted by molar-refractivity contribution is 5.82. The smallest absolute Gasteiger partial charge is 0.220 e. The maximum Gasteiger partial charge on any atom is 0.295 e. The average Bonchev–Trinajstić information content (AvgIpc) is 3.08. The van der Waals surface area contributed by atoms with Crippen LogP contribution in [0.2, 0.25) is 0 Å². The molecule has 2 aromatic carbocycles. The molecule has 0 radical (unpaired) electrons. The second-order valence-electron chi connectivity index (χ2n) is 7.36. The Balaban J connectivity index is 2.11. The summed E-state index contributed by atoms with van der Waals surface area (Å²) in [6, 6.07) is 15.2. The van der Waals surface area contributed by atoms with Gasteiger partial charge in [-0.3, -0.25) is 0 Å². The third-order valence-electron chi connectivity index (χ3n) is 6.19. The summed E-state index contributed by atoms with van der Waals surface area (Å²) in [4.78, 5) is 0. The fraction of sp³-hybridized carbons (Fsp3) is 0.292. The van der Waals surface area contributed by atoms with Crippen LogP contribution in [0.4, 0.5) is 0 Å². The van der Waals surface area contributed by atoms with Crippen molar-refractivity contribution in [3.05, 3.63) is 78.1 Å². The fourth-order valence-corrected chi connectivity index (χ4v) is 4.72. The van der Waals surface area contributed by atoms with Crippen LogP contribution in [-0.2, 0) is 5.54 Å². The predicted octanol–water partition coefficient (Wildman–Crippen LogP) is 5.59. The number of aryl methyl sites for hydroxylation is 2. The van der Waals surface area contributed by atoms with Crippen molar-refractivity contribution in [3.63, 3.8) is 0 Å². The maximum atomic E-state index is 4.54. The first kappa shape index (κ1) is 16.8. The van der Waals surface area contributed by atoms with E-state index in [1.165, 1.54) is 39.3 Å². The van der Waals surface area contributed by atoms with Crippen molar-refractivity contribution >= 4 is 5.57 Å². The summed E-state index contributed by atoms with van der Waals surface area (Å²) in [5, 5.41) is 0. The molecule has 0 fully saturated rings. The van der Waals surface area contributed by atoms with Crippen molar-refractivity contribution in [2.75, 3.05) is 0 Å². The zero-order chi connectivity index (χ0) is 18.5. The van der Waals surface area contributed by atoms with Crippen molar-refractivity contribution < 1.29 is 4.57 Å². The van der Waals surface area contributed by atoms with Gasteiger partial charge in [0.15, 0.2) is 0 Å². The second-order valence-corrected chi connectivity index (χ2v) is 7.36. The van der Waals surface area contributed by atoms with Crippen LogP contribution in [0.1, 0.15) is 43.4 Å². The van der Waals surface area contributed by atoms with Gasteiger partial charge in [0.2, 0.25) is 0 Å². The number of imidazole rings is 1. The first-order valence-corrected chi connectivity index (χ1v) is 9.54. The van der Waals surface area contributed by atoms with E-state index in [1.807, 2.05) is 0 Å². The Kier molecular flexibility index (Phi) is 3.87. The lowest BCUT2D eigenvalue weighted by Crippen LogP contribution is -2.58. The number of hydrogen-bond donors (Lipinski definition) is 0. The summed E-state index contributed by atoms with van der Waals surface area (Å²) in [6.07, 6.45) is 6.53. The minimum atomic E-state index is -0.0640. The quantitative estimate of drug-likeness (QED) is 0.548. The van der Waals surface area contributed by atoms with Crippen LogP contribution in [0.5, 0.6) is 0 Å². The normalized spacial score (nSPS) is 14.8. The molecular formula is C24H27N2+. The monoisotopic (exact) mass is 343 g/mol. The van der Waals surface area contributed by atoms with Gasteiger partial charge in [0.05, 0.1) is 5.56 Å². The number of nitrogens with zero attached hydrogens (tertiary/aromatic N) is 2. The largest absolute Gasteiger partial charge is 0.295 e. The lowest BCUT2D eigenvalue weighted by Gasteiger charge is -2.36. The molecule has 0 amide bonds. The Labute approximate surface area is 156 Å². The average molecular weight is 343 g/mol. The van der Waals surface area contributed by atoms with Crippen LogP contribution in [0, 0.1) is 13.8 Å². The molecule has 0 aliphatic carbocycles. The molecule has 0 N–H and O–H groups in total. The van der Waals surface area contributed by atoms with Crippen molar-refractivity contribution in [2.24, 2.45) is 0 Å². The van der Waals surface area contributed by atoms with Gasteiger partial charge in [0, 0.05) is 5.57 Å². The lowest BCUT2D eigenvalue weighted by atomic mass is 9.77. The Bertz CT molecular complexity index is 983. The van der Waals surface area contributed by atoms with Crippen molar-refractivity contribution in [1.29, 1.82) is 0 Å². The fourth-order valence-electron chi connectivity index (χ4n) is 4.72. The Morgan fingerprint density at radius 1 is 0.923 bits per heavy atom. The minimum Gasteiger partial charge on any atom is -0.220 e. The van der Waals surface area contributed by atoms with E-state index in [0.29, 0.717) is 0 Å². The molecular weight excluding hydrogens is 316 g/mol. The van der Waals surface area contributed by atoms with E-state index < -0.39 is 0 Å². The molecule has 0 saturated heterocycles. The number of fused-ring (bicyclic) bond motifs is 3. The van der Waals surface area contributed by atoms with Crippen LogP contribution in [0.25, 0.3) is 22.6 Å². The van der Waals surface area contributed by atoms with Gasteiger partial charge in [-0.1, -0.05) is 56.8 Å². The van der Waals surface area contributed by atoms with Crippen LogP contribution < -0.4 is 4.57 Å². The number of allylic oxidation sites excluding steroid dienone is 1. The predicted molar refractivity (Wildman–Crippen MR) is 108 cm³/mol. The highest BCUT2D eigenvalue weighted by Gasteiger charge is 2.46. The van der Waals surface area contributed by atoms with E-state index in [1.54, 1.807) is 0 Å². The molecule has 3 aromatic rings. The van der Waals surface area contributed by atoms with Gasteiger partial charge >= 0.3 is 0 Å². The van der Waals surface area contributed by atoms with Gasteiger partial charge in [-0.05, 0) is 49.4 Å². The molecule has 0 unspecified atom stereocenters. The van der Waals surface area contributed by atoms with Crippen LogP contribution in [-0.4, -0.2) is 4.57 Å². The van der Waals surface area contributed by atoms with Gasteiger partial charge in [0.25, 0.3) is 5.82 Å². The summed E-state index contributed by atoms with van der Waals surface area (Å²) in [5.74, 6) is 1.26. The summed E-state index contributed by atoms with van der Waals surface area (Å²) >= 11 is 0. The van der Waals surface area contributed by atoms with E-state index in [9.17, 15) is 0 Å². The van der Waals surface area contributed by atoms with E-state index in [-0.39, 0.29) is 5.54 Å². The van der Waals surface area contributed by atoms with E-state index in [0.717, 1.165) is 12.8 Å². The Hall–Kier alpha value is -2.61. The van der Waals surface area contributed by atoms with E-state index >= 15 is 0 Å². The molecule has 1 aliphatic heterocycles. The van der Waals surface area contributed by atoms with Crippen molar-refractivity contribution in [1.82, 2.24) is 4.57 Å². The third-order valence-corrected chi connectivity index (χ3v) is 6.19. The summed E-state index contributed by atoms with van der Waals surface area (Å²) in [6.45, 7) is 13.5. The molecule has 1 aliphatic rings. The number of hydrogen-bond acceptors (Lipinski definition) is 0. The summed E-state index contributed by atoms with van der Waals surface area (Å²) in [5.41, 5.74) is 7.59. The molecule has 1 aromatic heterocycles. The molecule has 26 heavy (non-hydrogen) atoms. The molecule has 2 heteroatoms. The molecule has 2 nitrogen and oxygen atoms in total. The summed E-state index contributed by atoms with van der Waals surface area (Å²) < 4.78 is 4.83. The van der Waals surface area contributed by atoms with E-state index in [4.69, 9.17) is 0 Å². The Morgan fingerprint density at radius 3 is 2.15 bits per heavy atom. The molecule has 2 heterocycles. The van der Waals surface area contributed by atoms with Gasteiger partial charge in [-0.15, -0.1) is 0 Å². The third kappa shape index (κ3) is 2.08. The highest BCUT2D eigenvalue weighted by atomic mass is 15.2. The standard InChI is InChI=1S/C24H27N2/c1-6-24(7-2)19(5)20-13-8-9-14-21(20)23-25(15-16-26(23)24)22-17(3)11-10-12-18(22)4/h8-16H,5-7H2,1-4H3/q+1. The lowest BCUT2D eigenvalue weighted by molar-refractivity contribution is -0.740. The molecule has 132 valence electrons. The summed E-state index contributed by atoms with van der Waals surface area (Å²) in [7, 11) is 0. The molecule has 0 bridgehead atoms.